The average molecular weight is 494 g/mol. The van der Waals surface area contributed by atoms with Gasteiger partial charge in [0, 0.05) is 25.3 Å². The zero-order chi connectivity index (χ0) is 23.9. The van der Waals surface area contributed by atoms with Gasteiger partial charge < -0.3 is 5.11 Å². The maximum absolute atomic E-state index is 13.3. The van der Waals surface area contributed by atoms with Crippen LogP contribution in [0.15, 0.2) is 40.2 Å². The predicted octanol–water partition coefficient (Wildman–Crippen LogP) is 1.97. The molecule has 4 rings (SSSR count). The van der Waals surface area contributed by atoms with Crippen molar-refractivity contribution >= 4 is 38.8 Å². The first-order valence-corrected chi connectivity index (χ1v) is 11.6. The lowest BCUT2D eigenvalue weighted by Crippen LogP contribution is -2.41. The van der Waals surface area contributed by atoms with Crippen LogP contribution in [0.2, 0.25) is 5.02 Å². The van der Waals surface area contributed by atoms with Crippen LogP contribution in [-0.4, -0.2) is 51.0 Å². The molecule has 0 unspecified atom stereocenters. The number of carbonyl (C=O) groups is 1. The van der Waals surface area contributed by atoms with Gasteiger partial charge in [0.15, 0.2) is 5.65 Å². The van der Waals surface area contributed by atoms with Gasteiger partial charge >= 0.3 is 11.7 Å². The fraction of sp³-hybridized carbons (Fsp3) is 0.300. The smallest absolute Gasteiger partial charge is 0.331 e. The third-order valence-corrected chi connectivity index (χ3v) is 7.94. The lowest BCUT2D eigenvalue weighted by atomic mass is 10.1. The van der Waals surface area contributed by atoms with Crippen molar-refractivity contribution in [2.45, 2.75) is 30.3 Å². The number of nitrogens with zero attached hydrogens (tertiary/aromatic N) is 5. The summed E-state index contributed by atoms with van der Waals surface area (Å²) in [6, 6.07) is 5.93. The number of carboxylic acids is 1. The Hall–Kier alpha value is -3.27. The van der Waals surface area contributed by atoms with Crippen LogP contribution in [-0.2, 0) is 21.4 Å². The number of rotatable bonds is 5. The zero-order valence-electron chi connectivity index (χ0n) is 17.0. The number of hydrogen-bond acceptors (Lipinski definition) is 6. The van der Waals surface area contributed by atoms with Gasteiger partial charge in [-0.1, -0.05) is 11.6 Å². The van der Waals surface area contributed by atoms with Crippen molar-refractivity contribution in [1.29, 1.82) is 5.26 Å². The molecule has 1 aliphatic heterocycles. The Bertz CT molecular complexity index is 1470. The number of sulfonamides is 1. The van der Waals surface area contributed by atoms with E-state index in [-0.39, 0.29) is 52.6 Å². The van der Waals surface area contributed by atoms with Gasteiger partial charge in [-0.25, -0.2) is 22.6 Å². The fourth-order valence-corrected chi connectivity index (χ4v) is 6.04. The number of benzene rings is 1. The molecule has 2 aromatic heterocycles. The molecule has 0 radical (unpaired) electrons. The molecule has 0 atom stereocenters. The molecule has 3 heterocycles. The third kappa shape index (κ3) is 3.99. The molecule has 33 heavy (non-hydrogen) atoms. The topological polar surface area (TPSA) is 138 Å². The lowest BCUT2D eigenvalue weighted by molar-refractivity contribution is -0.137. The van der Waals surface area contributed by atoms with Crippen molar-refractivity contribution in [1.82, 2.24) is 18.4 Å². The molecule has 0 spiro atoms. The van der Waals surface area contributed by atoms with Gasteiger partial charge in [-0.05, 0) is 37.1 Å². The minimum atomic E-state index is -3.98. The van der Waals surface area contributed by atoms with E-state index in [2.05, 4.69) is 4.98 Å². The van der Waals surface area contributed by atoms with Crippen LogP contribution in [0.3, 0.4) is 0 Å². The van der Waals surface area contributed by atoms with Gasteiger partial charge in [0.05, 0.1) is 10.6 Å². The van der Waals surface area contributed by atoms with Crippen molar-refractivity contribution in [3.8, 4) is 6.07 Å². The summed E-state index contributed by atoms with van der Waals surface area (Å²) in [5, 5.41) is 18.4. The number of piperidine rings is 1. The van der Waals surface area contributed by atoms with Crippen LogP contribution in [0.25, 0.3) is 11.2 Å². The maximum Gasteiger partial charge on any atom is 0.331 e. The van der Waals surface area contributed by atoms with Crippen LogP contribution in [0.4, 0.5) is 4.39 Å². The highest BCUT2D eigenvalue weighted by Gasteiger charge is 2.33. The fourth-order valence-electron chi connectivity index (χ4n) is 4.07. The summed E-state index contributed by atoms with van der Waals surface area (Å²) >= 11 is 5.94. The molecule has 0 saturated carbocycles. The number of fused-ring (bicyclic) bond motifs is 1. The van der Waals surface area contributed by atoms with E-state index in [1.165, 1.54) is 21.1 Å². The number of pyridine rings is 1. The third-order valence-electron chi connectivity index (χ3n) is 5.55. The second kappa shape index (κ2) is 8.58. The number of aliphatic carboxylic acids is 1. The van der Waals surface area contributed by atoms with Crippen LogP contribution >= 0.6 is 11.6 Å². The second-order valence-electron chi connectivity index (χ2n) is 7.48. The van der Waals surface area contributed by atoms with Crippen molar-refractivity contribution in [3.05, 3.63) is 57.3 Å². The van der Waals surface area contributed by atoms with Crippen LogP contribution in [0.5, 0.6) is 0 Å². The predicted molar refractivity (Wildman–Crippen MR) is 115 cm³/mol. The van der Waals surface area contributed by atoms with Gasteiger partial charge in [0.1, 0.15) is 28.8 Å². The summed E-state index contributed by atoms with van der Waals surface area (Å²) in [6.45, 7) is -0.535. The molecule has 1 aromatic carbocycles. The van der Waals surface area contributed by atoms with E-state index in [1.54, 1.807) is 0 Å². The van der Waals surface area contributed by atoms with Gasteiger partial charge in [-0.3, -0.25) is 13.9 Å². The molecule has 172 valence electrons. The summed E-state index contributed by atoms with van der Waals surface area (Å²) in [5.74, 6) is -1.90. The van der Waals surface area contributed by atoms with Gasteiger partial charge in [0.2, 0.25) is 10.0 Å². The van der Waals surface area contributed by atoms with E-state index in [4.69, 9.17) is 11.6 Å². The highest BCUT2D eigenvalue weighted by atomic mass is 35.5. The molecule has 3 aromatic rings. The van der Waals surface area contributed by atoms with Crippen molar-refractivity contribution in [3.63, 3.8) is 0 Å². The quantitative estimate of drug-likeness (QED) is 0.573. The summed E-state index contributed by atoms with van der Waals surface area (Å²) in [7, 11) is -3.98. The number of carboxylic acid groups (broad SMARTS) is 1. The van der Waals surface area contributed by atoms with E-state index < -0.39 is 40.1 Å². The number of imidazole rings is 1. The van der Waals surface area contributed by atoms with Crippen molar-refractivity contribution in [2.75, 3.05) is 13.1 Å². The lowest BCUT2D eigenvalue weighted by Gasteiger charge is -2.31. The standard InChI is InChI=1S/C20H17ClFN5O5S/c21-15-9-13(22)1-2-16(15)33(31,32)25-7-4-14(5-8-25)27-19-18(12(10-23)3-6-24-19)26(20(27)30)11-17(28)29/h1-3,6,9,14H,4-5,7-8,11H2,(H,28,29). The highest BCUT2D eigenvalue weighted by molar-refractivity contribution is 7.89. The Labute approximate surface area is 192 Å². The maximum atomic E-state index is 13.3. The average Bonchev–Trinajstić information content (AvgIpc) is 3.04. The molecule has 0 amide bonds. The first-order valence-electron chi connectivity index (χ1n) is 9.82. The van der Waals surface area contributed by atoms with E-state index in [0.29, 0.717) is 0 Å². The molecule has 1 fully saturated rings. The van der Waals surface area contributed by atoms with Crippen LogP contribution in [0, 0.1) is 17.1 Å². The SMILES string of the molecule is N#Cc1ccnc2c1n(CC(=O)O)c(=O)n2C1CCN(S(=O)(=O)c2ccc(F)cc2Cl)CC1. The van der Waals surface area contributed by atoms with Crippen LogP contribution < -0.4 is 5.69 Å². The summed E-state index contributed by atoms with van der Waals surface area (Å²) in [4.78, 5) is 28.4. The molecule has 13 heteroatoms. The first-order chi connectivity index (χ1) is 15.6. The molecule has 0 aliphatic carbocycles. The molecular formula is C20H17ClFN5O5S. The zero-order valence-corrected chi connectivity index (χ0v) is 18.6. The first kappa shape index (κ1) is 22.9. The van der Waals surface area contributed by atoms with Gasteiger partial charge in [-0.2, -0.15) is 9.57 Å². The number of hydrogen-bond donors (Lipinski definition) is 1. The summed E-state index contributed by atoms with van der Waals surface area (Å²) in [6.07, 6.45) is 1.84. The Kier molecular flexibility index (Phi) is 5.96. The van der Waals surface area contributed by atoms with Crippen molar-refractivity contribution < 1.29 is 22.7 Å². The van der Waals surface area contributed by atoms with E-state index in [1.807, 2.05) is 6.07 Å². The van der Waals surface area contributed by atoms with Gasteiger partial charge in [-0.15, -0.1) is 0 Å². The summed E-state index contributed by atoms with van der Waals surface area (Å²) < 4.78 is 42.8. The number of aromatic nitrogens is 3. The minimum Gasteiger partial charge on any atom is -0.480 e. The molecule has 1 N–H and O–H groups in total. The summed E-state index contributed by atoms with van der Waals surface area (Å²) in [5.41, 5.74) is -0.225. The largest absolute Gasteiger partial charge is 0.480 e. The normalized spacial score (nSPS) is 15.5. The Morgan fingerprint density at radius 2 is 2.00 bits per heavy atom. The second-order valence-corrected chi connectivity index (χ2v) is 9.80. The van der Waals surface area contributed by atoms with E-state index in [0.717, 1.165) is 22.8 Å². The van der Waals surface area contributed by atoms with Gasteiger partial charge in [0.25, 0.3) is 0 Å². The molecule has 0 bridgehead atoms. The Morgan fingerprint density at radius 1 is 1.30 bits per heavy atom. The molecule has 1 saturated heterocycles. The van der Waals surface area contributed by atoms with E-state index >= 15 is 0 Å². The molecule has 10 nitrogen and oxygen atoms in total. The highest BCUT2D eigenvalue weighted by Crippen LogP contribution is 2.31. The molecule has 1 aliphatic rings. The van der Waals surface area contributed by atoms with E-state index in [9.17, 15) is 32.8 Å². The number of nitriles is 1. The Morgan fingerprint density at radius 3 is 2.61 bits per heavy atom. The van der Waals surface area contributed by atoms with Crippen molar-refractivity contribution in [2.24, 2.45) is 0 Å². The number of halogens is 2. The minimum absolute atomic E-state index is 0.0523. The Balaban J connectivity index is 1.68. The van der Waals surface area contributed by atoms with Crippen LogP contribution in [0.1, 0.15) is 24.4 Å². The monoisotopic (exact) mass is 493 g/mol. The molecular weight excluding hydrogens is 477 g/mol.